The average molecular weight is 469 g/mol. The molecule has 1 fully saturated rings. The van der Waals surface area contributed by atoms with Crippen LogP contribution in [0.4, 0.5) is 4.79 Å². The third-order valence-corrected chi connectivity index (χ3v) is 6.32. The summed E-state index contributed by atoms with van der Waals surface area (Å²) in [5.41, 5.74) is 0.755. The van der Waals surface area contributed by atoms with Crippen molar-refractivity contribution in [3.05, 3.63) is 65.7 Å². The van der Waals surface area contributed by atoms with Gasteiger partial charge in [0.15, 0.2) is 5.60 Å². The summed E-state index contributed by atoms with van der Waals surface area (Å²) in [4.78, 5) is 28.0. The van der Waals surface area contributed by atoms with Gasteiger partial charge in [-0.05, 0) is 36.6 Å². The number of carbonyl (C=O) groups is 2. The number of urea groups is 1. The molecule has 0 unspecified atom stereocenters. The van der Waals surface area contributed by atoms with Crippen LogP contribution in [0.1, 0.15) is 44.2 Å². The van der Waals surface area contributed by atoms with Crippen molar-refractivity contribution in [1.29, 1.82) is 0 Å². The minimum absolute atomic E-state index is 0.0424. The van der Waals surface area contributed by atoms with E-state index in [0.29, 0.717) is 32.7 Å². The number of rotatable bonds is 13. The van der Waals surface area contributed by atoms with E-state index in [9.17, 15) is 14.7 Å². The molecule has 0 bridgehead atoms. The second kappa shape index (κ2) is 11.9. The Bertz CT molecular complexity index is 934. The average Bonchev–Trinajstić information content (AvgIpc) is 3.09. The maximum atomic E-state index is 12.6. The van der Waals surface area contributed by atoms with E-state index in [4.69, 9.17) is 9.47 Å². The van der Waals surface area contributed by atoms with Crippen LogP contribution in [0, 0.1) is 0 Å². The molecule has 2 aromatic carbocycles. The molecule has 0 saturated carbocycles. The van der Waals surface area contributed by atoms with E-state index in [1.54, 1.807) is 11.8 Å². The first-order valence-corrected chi connectivity index (χ1v) is 12.0. The van der Waals surface area contributed by atoms with Crippen LogP contribution >= 0.6 is 0 Å². The summed E-state index contributed by atoms with van der Waals surface area (Å²) >= 11 is 0. The highest BCUT2D eigenvalue weighted by atomic mass is 16.5. The standard InChI is InChI=1S/C27H36N2O5/c1-4-5-16-34-27(2,25(30)31)18-21-11-13-24(14-12-21)33-17-15-23-20-29(26(32)28(23)3)19-22-9-7-6-8-10-22/h6-14,23H,4-5,15-20H2,1-3H3,(H,30,31)/t23-,27+/m1/s1. The predicted octanol–water partition coefficient (Wildman–Crippen LogP) is 4.59. The number of carboxylic acid groups (broad SMARTS) is 1. The van der Waals surface area contributed by atoms with Gasteiger partial charge in [-0.1, -0.05) is 55.8 Å². The van der Waals surface area contributed by atoms with Gasteiger partial charge in [-0.2, -0.15) is 0 Å². The number of nitrogens with zero attached hydrogens (tertiary/aromatic N) is 2. The van der Waals surface area contributed by atoms with Crippen molar-refractivity contribution in [2.75, 3.05) is 26.8 Å². The Kier molecular flexibility index (Phi) is 8.93. The number of carbonyl (C=O) groups excluding carboxylic acids is 1. The van der Waals surface area contributed by atoms with E-state index >= 15 is 0 Å². The molecular weight excluding hydrogens is 432 g/mol. The summed E-state index contributed by atoms with van der Waals surface area (Å²) in [6, 6.07) is 17.6. The van der Waals surface area contributed by atoms with Gasteiger partial charge >= 0.3 is 12.0 Å². The second-order valence-electron chi connectivity index (χ2n) is 9.11. The molecule has 184 valence electrons. The van der Waals surface area contributed by atoms with Crippen molar-refractivity contribution >= 4 is 12.0 Å². The first-order chi connectivity index (χ1) is 16.3. The maximum Gasteiger partial charge on any atom is 0.336 e. The summed E-state index contributed by atoms with van der Waals surface area (Å²) < 4.78 is 11.6. The number of hydrogen-bond acceptors (Lipinski definition) is 4. The number of carboxylic acids is 1. The Morgan fingerprint density at radius 1 is 1.09 bits per heavy atom. The van der Waals surface area contributed by atoms with Gasteiger partial charge in [-0.25, -0.2) is 9.59 Å². The van der Waals surface area contributed by atoms with E-state index in [1.807, 2.05) is 73.5 Å². The lowest BCUT2D eigenvalue weighted by Gasteiger charge is -2.25. The lowest BCUT2D eigenvalue weighted by Crippen LogP contribution is -2.41. The molecule has 1 saturated heterocycles. The number of benzene rings is 2. The highest BCUT2D eigenvalue weighted by Crippen LogP contribution is 2.23. The molecule has 1 aliphatic rings. The van der Waals surface area contributed by atoms with Crippen molar-refractivity contribution in [3.63, 3.8) is 0 Å². The van der Waals surface area contributed by atoms with Crippen molar-refractivity contribution in [3.8, 4) is 5.75 Å². The van der Waals surface area contributed by atoms with E-state index in [-0.39, 0.29) is 12.1 Å². The van der Waals surface area contributed by atoms with Crippen molar-refractivity contribution in [2.24, 2.45) is 0 Å². The fraction of sp³-hybridized carbons (Fsp3) is 0.481. The third kappa shape index (κ3) is 6.73. The molecule has 7 nitrogen and oxygen atoms in total. The molecule has 34 heavy (non-hydrogen) atoms. The van der Waals surface area contributed by atoms with E-state index in [2.05, 4.69) is 0 Å². The second-order valence-corrected chi connectivity index (χ2v) is 9.11. The molecule has 1 N–H and O–H groups in total. The van der Waals surface area contributed by atoms with Crippen LogP contribution in [0.3, 0.4) is 0 Å². The Morgan fingerprint density at radius 2 is 1.79 bits per heavy atom. The smallest absolute Gasteiger partial charge is 0.336 e. The monoisotopic (exact) mass is 468 g/mol. The van der Waals surface area contributed by atoms with Gasteiger partial charge in [0.1, 0.15) is 5.75 Å². The lowest BCUT2D eigenvalue weighted by atomic mass is 9.96. The summed E-state index contributed by atoms with van der Waals surface area (Å²) in [6.45, 7) is 5.88. The molecule has 2 amide bonds. The van der Waals surface area contributed by atoms with Gasteiger partial charge in [0.05, 0.1) is 12.6 Å². The number of amides is 2. The van der Waals surface area contributed by atoms with Gasteiger partial charge in [-0.3, -0.25) is 0 Å². The van der Waals surface area contributed by atoms with Gasteiger partial charge in [0, 0.05) is 39.6 Å². The topological polar surface area (TPSA) is 79.3 Å². The fourth-order valence-electron chi connectivity index (χ4n) is 4.09. The van der Waals surface area contributed by atoms with Crippen LogP contribution in [0.25, 0.3) is 0 Å². The highest BCUT2D eigenvalue weighted by Gasteiger charge is 2.35. The van der Waals surface area contributed by atoms with E-state index < -0.39 is 11.6 Å². The van der Waals surface area contributed by atoms with Crippen LogP contribution in [-0.4, -0.2) is 65.4 Å². The molecule has 0 aliphatic carbocycles. The maximum absolute atomic E-state index is 12.6. The van der Waals surface area contributed by atoms with Crippen molar-refractivity contribution in [2.45, 2.75) is 57.7 Å². The minimum Gasteiger partial charge on any atom is -0.494 e. The summed E-state index contributed by atoms with van der Waals surface area (Å²) in [5, 5.41) is 9.63. The Morgan fingerprint density at radius 3 is 2.44 bits per heavy atom. The summed E-state index contributed by atoms with van der Waals surface area (Å²) in [6.07, 6.45) is 2.81. The lowest BCUT2D eigenvalue weighted by molar-refractivity contribution is -0.163. The summed E-state index contributed by atoms with van der Waals surface area (Å²) in [7, 11) is 1.84. The molecule has 1 aliphatic heterocycles. The van der Waals surface area contributed by atoms with Crippen LogP contribution < -0.4 is 4.74 Å². The first-order valence-electron chi connectivity index (χ1n) is 12.0. The molecule has 7 heteroatoms. The van der Waals surface area contributed by atoms with Crippen LogP contribution in [-0.2, 0) is 22.5 Å². The Hall–Kier alpha value is -3.06. The van der Waals surface area contributed by atoms with E-state index in [1.165, 1.54) is 0 Å². The molecule has 0 aromatic heterocycles. The molecule has 0 spiro atoms. The third-order valence-electron chi connectivity index (χ3n) is 6.32. The number of hydrogen-bond donors (Lipinski definition) is 1. The van der Waals surface area contributed by atoms with Gasteiger partial charge in [0.2, 0.25) is 0 Å². The zero-order valence-electron chi connectivity index (χ0n) is 20.4. The van der Waals surface area contributed by atoms with Crippen LogP contribution in [0.5, 0.6) is 5.75 Å². The number of unbranched alkanes of at least 4 members (excludes halogenated alkanes) is 1. The van der Waals surface area contributed by atoms with Gasteiger partial charge in [0.25, 0.3) is 0 Å². The molecular formula is C27H36N2O5. The fourth-order valence-corrected chi connectivity index (χ4v) is 4.09. The highest BCUT2D eigenvalue weighted by molar-refractivity contribution is 5.77. The quantitative estimate of drug-likeness (QED) is 0.435. The SMILES string of the molecule is CCCCO[C@@](C)(Cc1ccc(OCC[C@@H]2CN(Cc3ccccc3)C(=O)N2C)cc1)C(=O)O. The molecule has 2 atom stereocenters. The molecule has 3 rings (SSSR count). The summed E-state index contributed by atoms with van der Waals surface area (Å²) in [5.74, 6) is -0.235. The predicted molar refractivity (Wildman–Crippen MR) is 131 cm³/mol. The Labute approximate surface area is 202 Å². The normalized spacial score (nSPS) is 17.6. The van der Waals surface area contributed by atoms with Crippen molar-refractivity contribution in [1.82, 2.24) is 9.80 Å². The Balaban J connectivity index is 1.48. The largest absolute Gasteiger partial charge is 0.494 e. The molecule has 2 aromatic rings. The van der Waals surface area contributed by atoms with E-state index in [0.717, 1.165) is 36.1 Å². The number of aliphatic carboxylic acids is 1. The molecule has 1 heterocycles. The minimum atomic E-state index is -1.25. The number of ether oxygens (including phenoxy) is 2. The van der Waals surface area contributed by atoms with Crippen molar-refractivity contribution < 1.29 is 24.2 Å². The zero-order valence-corrected chi connectivity index (χ0v) is 20.4. The van der Waals surface area contributed by atoms with Gasteiger partial charge in [-0.15, -0.1) is 0 Å². The van der Waals surface area contributed by atoms with Crippen LogP contribution in [0.2, 0.25) is 0 Å². The van der Waals surface area contributed by atoms with Gasteiger partial charge < -0.3 is 24.4 Å². The zero-order chi connectivity index (χ0) is 24.6. The first kappa shape index (κ1) is 25.6. The van der Waals surface area contributed by atoms with Crippen LogP contribution in [0.15, 0.2) is 54.6 Å². The molecule has 0 radical (unpaired) electrons. The number of likely N-dealkylation sites (N-methyl/N-ethyl adjacent to an activating group) is 1.